The van der Waals surface area contributed by atoms with Crippen LogP contribution in [0, 0.1) is 6.92 Å². The number of ether oxygens (including phenoxy) is 2. The second kappa shape index (κ2) is 7.79. The molecule has 1 saturated heterocycles. The van der Waals surface area contributed by atoms with Gasteiger partial charge >= 0.3 is 0 Å². The Balaban J connectivity index is 1.92. The first-order valence-corrected chi connectivity index (χ1v) is 8.20. The average Bonchev–Trinajstić information content (AvgIpc) is 2.46. The highest BCUT2D eigenvalue weighted by molar-refractivity contribution is 5.76. The van der Waals surface area contributed by atoms with Gasteiger partial charge in [0.05, 0.1) is 13.2 Å². The fraction of sp³-hybridized carbons (Fsp3) is 0.611. The van der Waals surface area contributed by atoms with Gasteiger partial charge in [0.1, 0.15) is 11.4 Å². The van der Waals surface area contributed by atoms with Crippen molar-refractivity contribution in [2.24, 2.45) is 0 Å². The van der Waals surface area contributed by atoms with Crippen molar-refractivity contribution in [3.05, 3.63) is 29.3 Å². The van der Waals surface area contributed by atoms with Crippen LogP contribution in [0.15, 0.2) is 18.2 Å². The zero-order valence-corrected chi connectivity index (χ0v) is 14.6. The quantitative estimate of drug-likeness (QED) is 0.873. The molecule has 1 fully saturated rings. The highest BCUT2D eigenvalue weighted by Crippen LogP contribution is 2.24. The van der Waals surface area contributed by atoms with Crippen molar-refractivity contribution in [2.45, 2.75) is 52.3 Å². The molecule has 1 aromatic carbocycles. The van der Waals surface area contributed by atoms with Crippen LogP contribution in [0.5, 0.6) is 5.75 Å². The highest BCUT2D eigenvalue weighted by Gasteiger charge is 2.18. The number of nitrogens with one attached hydrogen (secondary N) is 2. The smallest absolute Gasteiger partial charge is 0.221 e. The maximum Gasteiger partial charge on any atom is 0.221 e. The molecule has 1 heterocycles. The van der Waals surface area contributed by atoms with Crippen LogP contribution in [0.3, 0.4) is 0 Å². The van der Waals surface area contributed by atoms with E-state index in [0.717, 1.165) is 30.0 Å². The molecule has 2 N–H and O–H groups in total. The summed E-state index contributed by atoms with van der Waals surface area (Å²) in [5, 5.41) is 6.26. The summed E-state index contributed by atoms with van der Waals surface area (Å²) in [6.07, 6.45) is 0.432. The molecule has 1 aromatic rings. The van der Waals surface area contributed by atoms with Crippen molar-refractivity contribution in [2.75, 3.05) is 19.8 Å². The number of aryl methyl sites for hydroxylation is 1. The highest BCUT2D eigenvalue weighted by atomic mass is 16.5. The standard InChI is InChI=1S/C18H28N2O3/c1-13-5-6-14(16(9-13)23-18(2,3)4)11-20-17(21)10-15-12-22-8-7-19-15/h5-6,9,15,19H,7-8,10-12H2,1-4H3,(H,20,21). The molecule has 5 heteroatoms. The Hall–Kier alpha value is -1.59. The molecule has 1 atom stereocenters. The largest absolute Gasteiger partial charge is 0.488 e. The number of hydrogen-bond acceptors (Lipinski definition) is 4. The molecule has 1 amide bonds. The molecule has 128 valence electrons. The maximum absolute atomic E-state index is 12.1. The molecule has 0 aromatic heterocycles. The summed E-state index contributed by atoms with van der Waals surface area (Å²) in [4.78, 5) is 12.1. The first-order chi connectivity index (χ1) is 10.8. The Bertz CT molecular complexity index is 532. The third kappa shape index (κ3) is 6.20. The number of hydrogen-bond donors (Lipinski definition) is 2. The van der Waals surface area contributed by atoms with Crippen molar-refractivity contribution in [3.8, 4) is 5.75 Å². The minimum absolute atomic E-state index is 0.0234. The second-order valence-corrected chi connectivity index (χ2v) is 7.03. The number of rotatable bonds is 5. The number of amides is 1. The summed E-state index contributed by atoms with van der Waals surface area (Å²) in [5.41, 5.74) is 1.87. The van der Waals surface area contributed by atoms with E-state index < -0.39 is 0 Å². The minimum Gasteiger partial charge on any atom is -0.488 e. The summed E-state index contributed by atoms with van der Waals surface area (Å²) < 4.78 is 11.4. The van der Waals surface area contributed by atoms with Gasteiger partial charge in [-0.3, -0.25) is 4.79 Å². The van der Waals surface area contributed by atoms with E-state index in [-0.39, 0.29) is 17.6 Å². The van der Waals surface area contributed by atoms with Gasteiger partial charge < -0.3 is 20.1 Å². The predicted octanol–water partition coefficient (Wildman–Crippen LogP) is 2.17. The van der Waals surface area contributed by atoms with E-state index in [1.54, 1.807) is 0 Å². The summed E-state index contributed by atoms with van der Waals surface area (Å²) in [5.74, 6) is 0.854. The Morgan fingerprint density at radius 2 is 2.22 bits per heavy atom. The summed E-state index contributed by atoms with van der Waals surface area (Å²) in [7, 11) is 0. The molecule has 5 nitrogen and oxygen atoms in total. The van der Waals surface area contributed by atoms with Gasteiger partial charge in [-0.25, -0.2) is 0 Å². The Morgan fingerprint density at radius 3 is 2.87 bits per heavy atom. The SMILES string of the molecule is Cc1ccc(CNC(=O)CC2COCCN2)c(OC(C)(C)C)c1. The van der Waals surface area contributed by atoms with E-state index in [1.807, 2.05) is 45.9 Å². The van der Waals surface area contributed by atoms with Gasteiger partial charge in [0.2, 0.25) is 5.91 Å². The van der Waals surface area contributed by atoms with Crippen molar-refractivity contribution in [1.29, 1.82) is 0 Å². The van der Waals surface area contributed by atoms with Crippen LogP contribution >= 0.6 is 0 Å². The molecule has 0 aliphatic carbocycles. The lowest BCUT2D eigenvalue weighted by molar-refractivity contribution is -0.122. The third-order valence-electron chi connectivity index (χ3n) is 3.55. The molecule has 1 aliphatic rings. The summed E-state index contributed by atoms with van der Waals surface area (Å²) in [6.45, 7) is 10.7. The monoisotopic (exact) mass is 320 g/mol. The number of benzene rings is 1. The zero-order chi connectivity index (χ0) is 16.9. The molecule has 0 saturated carbocycles. The minimum atomic E-state index is -0.268. The average molecular weight is 320 g/mol. The zero-order valence-electron chi connectivity index (χ0n) is 14.6. The normalized spacial score (nSPS) is 18.5. The van der Waals surface area contributed by atoms with Crippen LogP contribution in [0.1, 0.15) is 38.3 Å². The molecule has 2 rings (SSSR count). The van der Waals surface area contributed by atoms with E-state index in [1.165, 1.54) is 0 Å². The van der Waals surface area contributed by atoms with Gasteiger partial charge in [-0.15, -0.1) is 0 Å². The molecule has 23 heavy (non-hydrogen) atoms. The summed E-state index contributed by atoms with van der Waals surface area (Å²) in [6, 6.07) is 6.17. The van der Waals surface area contributed by atoms with Gasteiger partial charge in [0.25, 0.3) is 0 Å². The Morgan fingerprint density at radius 1 is 1.43 bits per heavy atom. The van der Waals surface area contributed by atoms with Crippen LogP contribution in [-0.2, 0) is 16.1 Å². The van der Waals surface area contributed by atoms with Crippen LogP contribution in [-0.4, -0.2) is 37.3 Å². The first-order valence-electron chi connectivity index (χ1n) is 8.20. The summed E-state index contributed by atoms with van der Waals surface area (Å²) >= 11 is 0. The Kier molecular flexibility index (Phi) is 6.02. The van der Waals surface area contributed by atoms with Crippen molar-refractivity contribution >= 4 is 5.91 Å². The molecule has 0 spiro atoms. The lowest BCUT2D eigenvalue weighted by Gasteiger charge is -2.24. The number of carbonyl (C=O) groups excluding carboxylic acids is 1. The fourth-order valence-corrected chi connectivity index (χ4v) is 2.47. The molecular weight excluding hydrogens is 292 g/mol. The topological polar surface area (TPSA) is 59.6 Å². The van der Waals surface area contributed by atoms with Gasteiger partial charge in [-0.1, -0.05) is 12.1 Å². The second-order valence-electron chi connectivity index (χ2n) is 7.03. The van der Waals surface area contributed by atoms with Crippen molar-refractivity contribution in [3.63, 3.8) is 0 Å². The molecular formula is C18H28N2O3. The lowest BCUT2D eigenvalue weighted by Crippen LogP contribution is -2.44. The van der Waals surface area contributed by atoms with E-state index in [9.17, 15) is 4.79 Å². The number of carbonyl (C=O) groups is 1. The van der Waals surface area contributed by atoms with E-state index >= 15 is 0 Å². The van der Waals surface area contributed by atoms with Gasteiger partial charge in [-0.05, 0) is 39.3 Å². The van der Waals surface area contributed by atoms with Crippen LogP contribution in [0.2, 0.25) is 0 Å². The lowest BCUT2D eigenvalue weighted by atomic mass is 10.1. The third-order valence-corrected chi connectivity index (χ3v) is 3.55. The maximum atomic E-state index is 12.1. The van der Waals surface area contributed by atoms with Gasteiger partial charge in [0, 0.05) is 31.1 Å². The molecule has 0 radical (unpaired) electrons. The Labute approximate surface area is 138 Å². The fourth-order valence-electron chi connectivity index (χ4n) is 2.47. The van der Waals surface area contributed by atoms with E-state index in [0.29, 0.717) is 19.6 Å². The van der Waals surface area contributed by atoms with Crippen LogP contribution in [0.4, 0.5) is 0 Å². The predicted molar refractivity (Wildman–Crippen MR) is 90.6 cm³/mol. The van der Waals surface area contributed by atoms with Gasteiger partial charge in [0.15, 0.2) is 0 Å². The molecule has 0 bridgehead atoms. The van der Waals surface area contributed by atoms with Crippen LogP contribution < -0.4 is 15.4 Å². The van der Waals surface area contributed by atoms with Crippen molar-refractivity contribution in [1.82, 2.24) is 10.6 Å². The van der Waals surface area contributed by atoms with Crippen LogP contribution in [0.25, 0.3) is 0 Å². The van der Waals surface area contributed by atoms with Crippen molar-refractivity contribution < 1.29 is 14.3 Å². The number of morpholine rings is 1. The molecule has 1 aliphatic heterocycles. The van der Waals surface area contributed by atoms with E-state index in [4.69, 9.17) is 9.47 Å². The van der Waals surface area contributed by atoms with E-state index in [2.05, 4.69) is 10.6 Å². The first kappa shape index (κ1) is 17.8. The molecule has 1 unspecified atom stereocenters. The van der Waals surface area contributed by atoms with Gasteiger partial charge in [-0.2, -0.15) is 0 Å².